The van der Waals surface area contributed by atoms with Crippen molar-refractivity contribution in [1.82, 2.24) is 14.5 Å². The minimum absolute atomic E-state index is 0.00936. The van der Waals surface area contributed by atoms with Crippen molar-refractivity contribution in [3.8, 4) is 11.3 Å². The van der Waals surface area contributed by atoms with Gasteiger partial charge < -0.3 is 0 Å². The first-order valence-corrected chi connectivity index (χ1v) is 9.81. The summed E-state index contributed by atoms with van der Waals surface area (Å²) in [5.74, 6) is 0.344. The second-order valence-corrected chi connectivity index (χ2v) is 8.04. The number of anilines is 1. The van der Waals surface area contributed by atoms with Crippen LogP contribution in [0.15, 0.2) is 59.5 Å². The normalized spacial score (nSPS) is 11.2. The van der Waals surface area contributed by atoms with Gasteiger partial charge in [-0.1, -0.05) is 41.4 Å². The predicted octanol–water partition coefficient (Wildman–Crippen LogP) is 3.56. The number of hydrogen-bond donors (Lipinski definition) is 2. The molecule has 0 spiro atoms. The van der Waals surface area contributed by atoms with Crippen LogP contribution in [0.25, 0.3) is 11.3 Å². The van der Waals surface area contributed by atoms with Crippen LogP contribution in [0.1, 0.15) is 5.56 Å². The van der Waals surface area contributed by atoms with Crippen molar-refractivity contribution in [2.45, 2.75) is 11.8 Å². The summed E-state index contributed by atoms with van der Waals surface area (Å²) in [4.78, 5) is 12.2. The van der Waals surface area contributed by atoms with Gasteiger partial charge in [-0.05, 0) is 31.2 Å². The number of sulfonamides is 1. The molecule has 0 fully saturated rings. The number of rotatable bonds is 4. The Balaban J connectivity index is 1.74. The second-order valence-electron chi connectivity index (χ2n) is 5.92. The van der Waals surface area contributed by atoms with E-state index in [1.807, 2.05) is 11.6 Å². The molecular weight excluding hydrogens is 388 g/mol. The Morgan fingerprint density at radius 1 is 1.07 bits per heavy atom. The molecule has 0 radical (unpaired) electrons. The maximum atomic E-state index is 12.3. The van der Waals surface area contributed by atoms with Crippen molar-refractivity contribution in [2.75, 3.05) is 5.32 Å². The summed E-state index contributed by atoms with van der Waals surface area (Å²) < 4.78 is 28.0. The molecule has 1 aromatic heterocycles. The highest BCUT2D eigenvalue weighted by Gasteiger charge is 2.18. The number of aromatic nitrogens is 2. The summed E-state index contributed by atoms with van der Waals surface area (Å²) in [6.45, 7) is 1.84. The first-order valence-electron chi connectivity index (χ1n) is 7.95. The molecule has 1 heterocycles. The molecule has 0 saturated heterocycles. The maximum absolute atomic E-state index is 12.3. The van der Waals surface area contributed by atoms with Crippen molar-refractivity contribution in [3.63, 3.8) is 0 Å². The van der Waals surface area contributed by atoms with Gasteiger partial charge in [-0.15, -0.1) is 0 Å². The van der Waals surface area contributed by atoms with Gasteiger partial charge in [0.25, 0.3) is 10.0 Å². The van der Waals surface area contributed by atoms with E-state index in [4.69, 9.17) is 11.6 Å². The molecule has 0 unspecified atom stereocenters. The Hall–Kier alpha value is -2.84. The van der Waals surface area contributed by atoms with E-state index < -0.39 is 16.1 Å². The molecule has 2 aromatic carbocycles. The summed E-state index contributed by atoms with van der Waals surface area (Å²) in [6.07, 6.45) is 0. The van der Waals surface area contributed by atoms with E-state index >= 15 is 0 Å². The number of carbonyl (C=O) groups is 1. The minimum atomic E-state index is -3.97. The van der Waals surface area contributed by atoms with Crippen molar-refractivity contribution < 1.29 is 13.2 Å². The number of hydrogen-bond acceptors (Lipinski definition) is 4. The number of aryl methyl sites for hydroxylation is 2. The van der Waals surface area contributed by atoms with Gasteiger partial charge in [-0.3, -0.25) is 10.00 Å². The molecule has 3 aromatic rings. The lowest BCUT2D eigenvalue weighted by Gasteiger charge is -2.08. The Morgan fingerprint density at radius 2 is 1.70 bits per heavy atom. The van der Waals surface area contributed by atoms with Gasteiger partial charge in [0.1, 0.15) is 5.82 Å². The zero-order chi connectivity index (χ0) is 19.6. The predicted molar refractivity (Wildman–Crippen MR) is 104 cm³/mol. The number of urea groups is 1. The number of nitrogens with one attached hydrogen (secondary N) is 2. The molecule has 7 nitrogen and oxygen atoms in total. The lowest BCUT2D eigenvalue weighted by Crippen LogP contribution is -2.34. The van der Waals surface area contributed by atoms with Gasteiger partial charge in [-0.25, -0.2) is 17.9 Å². The van der Waals surface area contributed by atoms with Crippen LogP contribution >= 0.6 is 11.6 Å². The van der Waals surface area contributed by atoms with Gasteiger partial charge in [0.2, 0.25) is 0 Å². The molecule has 2 amide bonds. The SMILES string of the molecule is Cc1ccc(S(=O)(=O)NC(=O)Nc2cc(-c3ccc(Cl)cc3)nn2C)cc1. The average molecular weight is 405 g/mol. The highest BCUT2D eigenvalue weighted by molar-refractivity contribution is 7.90. The molecule has 0 aliphatic heterocycles. The van der Waals surface area contributed by atoms with E-state index in [0.717, 1.165) is 11.1 Å². The summed E-state index contributed by atoms with van der Waals surface area (Å²) in [5.41, 5.74) is 2.35. The van der Waals surface area contributed by atoms with Crippen LogP contribution < -0.4 is 10.0 Å². The molecular formula is C18H17ClN4O3S. The summed E-state index contributed by atoms with van der Waals surface area (Å²) in [7, 11) is -2.32. The quantitative estimate of drug-likeness (QED) is 0.695. The standard InChI is InChI=1S/C18H17ClN4O3S/c1-12-3-9-15(10-4-12)27(25,26)22-18(24)20-17-11-16(21-23(17)2)13-5-7-14(19)8-6-13/h3-11H,1-2H3,(H2,20,22,24). The van der Waals surface area contributed by atoms with E-state index in [-0.39, 0.29) is 4.90 Å². The van der Waals surface area contributed by atoms with Crippen molar-refractivity contribution in [2.24, 2.45) is 7.05 Å². The molecule has 3 rings (SSSR count). The van der Waals surface area contributed by atoms with Gasteiger partial charge >= 0.3 is 6.03 Å². The second kappa shape index (κ2) is 7.42. The summed E-state index contributed by atoms with van der Waals surface area (Å²) >= 11 is 5.88. The Bertz CT molecular complexity index is 1070. The van der Waals surface area contributed by atoms with E-state index in [0.29, 0.717) is 16.5 Å². The molecule has 0 bridgehead atoms. The monoisotopic (exact) mass is 404 g/mol. The van der Waals surface area contributed by atoms with Crippen LogP contribution in [-0.4, -0.2) is 24.2 Å². The van der Waals surface area contributed by atoms with Crippen LogP contribution in [0.5, 0.6) is 0 Å². The van der Waals surface area contributed by atoms with Gasteiger partial charge in [0, 0.05) is 23.7 Å². The smallest absolute Gasteiger partial charge is 0.292 e. The highest BCUT2D eigenvalue weighted by Crippen LogP contribution is 2.23. The fourth-order valence-corrected chi connectivity index (χ4v) is 3.42. The van der Waals surface area contributed by atoms with Crippen LogP contribution in [0, 0.1) is 6.92 Å². The third-order valence-corrected chi connectivity index (χ3v) is 5.42. The molecule has 0 atom stereocenters. The maximum Gasteiger partial charge on any atom is 0.334 e. The average Bonchev–Trinajstić information content (AvgIpc) is 2.96. The first-order chi connectivity index (χ1) is 12.7. The van der Waals surface area contributed by atoms with Crippen molar-refractivity contribution in [3.05, 3.63) is 65.2 Å². The fourth-order valence-electron chi connectivity index (χ4n) is 2.39. The number of halogens is 1. The fraction of sp³-hybridized carbons (Fsp3) is 0.111. The molecule has 27 heavy (non-hydrogen) atoms. The zero-order valence-electron chi connectivity index (χ0n) is 14.6. The number of nitrogens with zero attached hydrogens (tertiary/aromatic N) is 2. The first kappa shape index (κ1) is 18.9. The Kier molecular flexibility index (Phi) is 5.20. The van der Waals surface area contributed by atoms with Crippen molar-refractivity contribution >= 4 is 33.5 Å². The molecule has 140 valence electrons. The minimum Gasteiger partial charge on any atom is -0.292 e. The van der Waals surface area contributed by atoms with Crippen LogP contribution in [-0.2, 0) is 17.1 Å². The Labute approximate surface area is 162 Å². The van der Waals surface area contributed by atoms with Gasteiger partial charge in [-0.2, -0.15) is 5.10 Å². The summed E-state index contributed by atoms with van der Waals surface area (Å²) in [5, 5.41) is 7.41. The van der Waals surface area contributed by atoms with E-state index in [2.05, 4.69) is 10.4 Å². The molecule has 0 aliphatic carbocycles. The third-order valence-electron chi connectivity index (χ3n) is 3.82. The molecule has 0 saturated carbocycles. The van der Waals surface area contributed by atoms with Crippen LogP contribution in [0.2, 0.25) is 5.02 Å². The number of amides is 2. The lowest BCUT2D eigenvalue weighted by atomic mass is 10.1. The molecule has 9 heteroatoms. The molecule has 2 N–H and O–H groups in total. The highest BCUT2D eigenvalue weighted by atomic mass is 35.5. The molecule has 0 aliphatic rings. The van der Waals surface area contributed by atoms with Crippen LogP contribution in [0.3, 0.4) is 0 Å². The van der Waals surface area contributed by atoms with Gasteiger partial charge in [0.15, 0.2) is 0 Å². The van der Waals surface area contributed by atoms with E-state index in [1.54, 1.807) is 49.5 Å². The van der Waals surface area contributed by atoms with Crippen molar-refractivity contribution in [1.29, 1.82) is 0 Å². The summed E-state index contributed by atoms with van der Waals surface area (Å²) in [6, 6.07) is 14.0. The lowest BCUT2D eigenvalue weighted by molar-refractivity contribution is 0.256. The zero-order valence-corrected chi connectivity index (χ0v) is 16.2. The topological polar surface area (TPSA) is 93.1 Å². The van der Waals surface area contributed by atoms with Gasteiger partial charge in [0.05, 0.1) is 10.6 Å². The number of benzene rings is 2. The largest absolute Gasteiger partial charge is 0.334 e. The van der Waals surface area contributed by atoms with E-state index in [1.165, 1.54) is 16.8 Å². The number of carbonyl (C=O) groups excluding carboxylic acids is 1. The third kappa shape index (κ3) is 4.47. The Morgan fingerprint density at radius 3 is 2.33 bits per heavy atom. The van der Waals surface area contributed by atoms with E-state index in [9.17, 15) is 13.2 Å². The van der Waals surface area contributed by atoms with Crippen LogP contribution in [0.4, 0.5) is 10.6 Å².